The number of ether oxygens (including phenoxy) is 2. The molecular weight excluding hydrogens is 352 g/mol. The molecule has 1 amide bonds. The third-order valence-electron chi connectivity index (χ3n) is 4.85. The molecule has 0 heterocycles. The van der Waals surface area contributed by atoms with Gasteiger partial charge in [-0.3, -0.25) is 0 Å². The largest absolute Gasteiger partial charge is 0.415 e. The summed E-state index contributed by atoms with van der Waals surface area (Å²) in [5.74, 6) is 0.515. The van der Waals surface area contributed by atoms with Crippen LogP contribution < -0.4 is 4.74 Å². The van der Waals surface area contributed by atoms with E-state index in [0.29, 0.717) is 16.9 Å². The van der Waals surface area contributed by atoms with Crippen LogP contribution in [0.3, 0.4) is 0 Å². The highest BCUT2D eigenvalue weighted by Crippen LogP contribution is 2.25. The van der Waals surface area contributed by atoms with Crippen molar-refractivity contribution < 1.29 is 14.3 Å². The Hall–Kier alpha value is -1.30. The first-order valence-electron chi connectivity index (χ1n) is 9.42. The summed E-state index contributed by atoms with van der Waals surface area (Å²) in [6.45, 7) is 1.94. The molecule has 6 heteroatoms. The number of amides is 1. The average molecular weight is 383 g/mol. The van der Waals surface area contributed by atoms with Gasteiger partial charge in [0.05, 0.1) is 6.10 Å². The molecule has 1 aliphatic carbocycles. The lowest BCUT2D eigenvalue weighted by Crippen LogP contribution is -2.42. The van der Waals surface area contributed by atoms with E-state index in [2.05, 4.69) is 19.0 Å². The van der Waals surface area contributed by atoms with Gasteiger partial charge in [-0.25, -0.2) is 4.79 Å². The van der Waals surface area contributed by atoms with Gasteiger partial charge >= 0.3 is 6.09 Å². The summed E-state index contributed by atoms with van der Waals surface area (Å²) < 4.78 is 11.4. The van der Waals surface area contributed by atoms with Crippen LogP contribution in [0, 0.1) is 0 Å². The number of hydrogen-bond donors (Lipinski definition) is 0. The molecule has 0 N–H and O–H groups in total. The summed E-state index contributed by atoms with van der Waals surface area (Å²) in [5, 5.41) is 0.623. The quantitative estimate of drug-likeness (QED) is 0.623. The molecule has 146 valence electrons. The van der Waals surface area contributed by atoms with Crippen LogP contribution in [0.25, 0.3) is 0 Å². The van der Waals surface area contributed by atoms with Crippen molar-refractivity contribution in [3.8, 4) is 5.75 Å². The molecule has 1 fully saturated rings. The summed E-state index contributed by atoms with van der Waals surface area (Å²) in [7, 11) is 6.00. The highest BCUT2D eigenvalue weighted by molar-refractivity contribution is 6.30. The van der Waals surface area contributed by atoms with Crippen LogP contribution in [0.1, 0.15) is 38.5 Å². The highest BCUT2D eigenvalue weighted by Gasteiger charge is 2.27. The average Bonchev–Trinajstić information content (AvgIpc) is 2.63. The van der Waals surface area contributed by atoms with E-state index in [1.807, 2.05) is 7.05 Å². The van der Waals surface area contributed by atoms with Gasteiger partial charge in [0.1, 0.15) is 5.75 Å². The van der Waals surface area contributed by atoms with E-state index in [1.165, 1.54) is 6.42 Å². The molecule has 0 bridgehead atoms. The Labute approximate surface area is 162 Å². The van der Waals surface area contributed by atoms with Gasteiger partial charge in [-0.05, 0) is 83.4 Å². The summed E-state index contributed by atoms with van der Waals surface area (Å²) >= 11 is 5.85. The van der Waals surface area contributed by atoms with Crippen LogP contribution in [0.4, 0.5) is 4.79 Å². The second-order valence-electron chi connectivity index (χ2n) is 7.24. The zero-order valence-corrected chi connectivity index (χ0v) is 16.9. The molecule has 0 radical (unpaired) electrons. The van der Waals surface area contributed by atoms with Crippen molar-refractivity contribution in [2.75, 3.05) is 34.3 Å². The second-order valence-corrected chi connectivity index (χ2v) is 7.68. The highest BCUT2D eigenvalue weighted by atomic mass is 35.5. The normalized spacial score (nSPS) is 20.2. The summed E-state index contributed by atoms with van der Waals surface area (Å²) in [4.78, 5) is 16.2. The molecule has 5 nitrogen and oxygen atoms in total. The second kappa shape index (κ2) is 10.8. The minimum absolute atomic E-state index is 0.211. The molecule has 1 aromatic carbocycles. The Kier molecular flexibility index (Phi) is 8.69. The third kappa shape index (κ3) is 7.14. The van der Waals surface area contributed by atoms with Crippen molar-refractivity contribution in [2.45, 2.75) is 50.7 Å². The number of benzene rings is 1. The summed E-state index contributed by atoms with van der Waals surface area (Å²) in [5.41, 5.74) is 0. The number of nitrogens with zero attached hydrogens (tertiary/aromatic N) is 2. The van der Waals surface area contributed by atoms with Gasteiger partial charge in [-0.15, -0.1) is 0 Å². The minimum atomic E-state index is -0.319. The van der Waals surface area contributed by atoms with Crippen LogP contribution in [-0.4, -0.2) is 62.3 Å². The molecule has 1 aromatic rings. The maximum atomic E-state index is 12.3. The number of carbonyl (C=O) groups excluding carboxylic acids is 1. The fourth-order valence-corrected chi connectivity index (χ4v) is 3.33. The summed E-state index contributed by atoms with van der Waals surface area (Å²) in [6.07, 6.45) is 6.18. The maximum Gasteiger partial charge on any atom is 0.415 e. The van der Waals surface area contributed by atoms with Crippen molar-refractivity contribution >= 4 is 17.7 Å². The fourth-order valence-electron chi connectivity index (χ4n) is 3.20. The molecule has 26 heavy (non-hydrogen) atoms. The maximum absolute atomic E-state index is 12.3. The van der Waals surface area contributed by atoms with Crippen molar-refractivity contribution in [1.29, 1.82) is 0 Å². The van der Waals surface area contributed by atoms with E-state index in [0.717, 1.165) is 45.3 Å². The van der Waals surface area contributed by atoms with Crippen LogP contribution in [0.5, 0.6) is 5.75 Å². The Balaban J connectivity index is 1.66. The van der Waals surface area contributed by atoms with E-state index >= 15 is 0 Å². The van der Waals surface area contributed by atoms with Gasteiger partial charge < -0.3 is 19.3 Å². The molecule has 0 saturated heterocycles. The van der Waals surface area contributed by atoms with Crippen LogP contribution in [0.15, 0.2) is 24.3 Å². The van der Waals surface area contributed by atoms with Crippen molar-refractivity contribution in [1.82, 2.24) is 9.80 Å². The van der Waals surface area contributed by atoms with E-state index in [-0.39, 0.29) is 12.1 Å². The van der Waals surface area contributed by atoms with Crippen molar-refractivity contribution in [3.05, 3.63) is 29.3 Å². The van der Waals surface area contributed by atoms with Crippen molar-refractivity contribution in [2.24, 2.45) is 0 Å². The zero-order valence-electron chi connectivity index (χ0n) is 16.1. The molecule has 0 aliphatic heterocycles. The first-order chi connectivity index (χ1) is 12.5. The lowest BCUT2D eigenvalue weighted by Gasteiger charge is -2.34. The molecule has 0 spiro atoms. The van der Waals surface area contributed by atoms with Gasteiger partial charge in [0.25, 0.3) is 0 Å². The molecule has 0 aromatic heterocycles. The molecular formula is C20H31ClN2O3. The molecule has 2 rings (SSSR count). The Bertz CT molecular complexity index is 542. The zero-order chi connectivity index (χ0) is 18.9. The summed E-state index contributed by atoms with van der Waals surface area (Å²) in [6, 6.07) is 7.05. The monoisotopic (exact) mass is 382 g/mol. The Morgan fingerprint density at radius 3 is 2.35 bits per heavy atom. The topological polar surface area (TPSA) is 42.0 Å². The van der Waals surface area contributed by atoms with Crippen molar-refractivity contribution in [3.63, 3.8) is 0 Å². The number of hydrogen-bond acceptors (Lipinski definition) is 4. The van der Waals surface area contributed by atoms with E-state index < -0.39 is 0 Å². The number of rotatable bonds is 8. The predicted molar refractivity (Wildman–Crippen MR) is 105 cm³/mol. The number of halogens is 1. The van der Waals surface area contributed by atoms with Gasteiger partial charge in [-0.1, -0.05) is 11.6 Å². The number of unbranched alkanes of at least 4 members (excludes halogenated alkanes) is 1. The molecule has 1 aliphatic rings. The minimum Gasteiger partial charge on any atom is -0.410 e. The van der Waals surface area contributed by atoms with Gasteiger partial charge in [-0.2, -0.15) is 0 Å². The van der Waals surface area contributed by atoms with Crippen LogP contribution in [-0.2, 0) is 4.74 Å². The van der Waals surface area contributed by atoms with E-state index in [1.54, 1.807) is 29.2 Å². The van der Waals surface area contributed by atoms with Gasteiger partial charge in [0, 0.05) is 24.7 Å². The first kappa shape index (κ1) is 21.0. The smallest absolute Gasteiger partial charge is 0.410 e. The SMILES string of the molecule is CN(C)CCCCOC1CCC(N(C)C(=O)Oc2ccc(Cl)cc2)CC1. The standard InChI is InChI=1S/C20H31ClN2O3/c1-22(2)14-4-5-15-25-18-12-8-17(9-13-18)23(3)20(24)26-19-10-6-16(21)7-11-19/h6-7,10-11,17-18H,4-5,8-9,12-15H2,1-3H3. The van der Waals surface area contributed by atoms with Gasteiger partial charge in [0.15, 0.2) is 0 Å². The fraction of sp³-hybridized carbons (Fsp3) is 0.650. The molecule has 1 saturated carbocycles. The van der Waals surface area contributed by atoms with Crippen LogP contribution in [0.2, 0.25) is 5.02 Å². The predicted octanol–water partition coefficient (Wildman–Crippen LogP) is 4.44. The Morgan fingerprint density at radius 2 is 1.73 bits per heavy atom. The lowest BCUT2D eigenvalue weighted by atomic mass is 9.92. The third-order valence-corrected chi connectivity index (χ3v) is 5.10. The van der Waals surface area contributed by atoms with Gasteiger partial charge in [0.2, 0.25) is 0 Å². The molecule has 0 unspecified atom stereocenters. The Morgan fingerprint density at radius 1 is 1.08 bits per heavy atom. The van der Waals surface area contributed by atoms with E-state index in [4.69, 9.17) is 21.1 Å². The molecule has 0 atom stereocenters. The van der Waals surface area contributed by atoms with Crippen LogP contribution >= 0.6 is 11.6 Å². The lowest BCUT2D eigenvalue weighted by molar-refractivity contribution is 0.0102. The first-order valence-corrected chi connectivity index (χ1v) is 9.80. The van der Waals surface area contributed by atoms with E-state index in [9.17, 15) is 4.79 Å². The number of carbonyl (C=O) groups is 1.